The van der Waals surface area contributed by atoms with E-state index in [1.54, 1.807) is 7.11 Å². The van der Waals surface area contributed by atoms with E-state index in [1.165, 1.54) is 0 Å². The first-order chi connectivity index (χ1) is 11.7. The third-order valence-corrected chi connectivity index (χ3v) is 4.81. The molecule has 0 heterocycles. The van der Waals surface area contributed by atoms with E-state index >= 15 is 0 Å². The average Bonchev–Trinajstić information content (AvgIpc) is 2.58. The molecule has 0 aliphatic rings. The summed E-state index contributed by atoms with van der Waals surface area (Å²) in [6.45, 7) is 10.8. The molecular formula is C21H29O3Si. The molecule has 0 aromatic heterocycles. The van der Waals surface area contributed by atoms with Gasteiger partial charge in [-0.3, -0.25) is 0 Å². The molecule has 2 aromatic rings. The van der Waals surface area contributed by atoms with Crippen LogP contribution in [0, 0.1) is 5.41 Å². The topological polar surface area (TPSA) is 38.7 Å². The molecule has 2 rings (SSSR count). The van der Waals surface area contributed by atoms with Crippen LogP contribution in [0.3, 0.4) is 0 Å². The molecule has 0 saturated carbocycles. The Balaban J connectivity index is 2.48. The second kappa shape index (κ2) is 8.17. The van der Waals surface area contributed by atoms with Gasteiger partial charge in [-0.05, 0) is 41.8 Å². The Morgan fingerprint density at radius 2 is 1.60 bits per heavy atom. The first-order valence-electron chi connectivity index (χ1n) is 8.61. The standard InChI is InChI=1S/C21H29O3Si/c1-21(2,3)20(24-25(5)6)17-14-16(12-13-18(17)23-4)19(22)15-10-8-7-9-11-15/h7-14,19-20,22H,1-6H3. The van der Waals surface area contributed by atoms with Gasteiger partial charge >= 0.3 is 0 Å². The Morgan fingerprint density at radius 1 is 0.960 bits per heavy atom. The van der Waals surface area contributed by atoms with Crippen LogP contribution in [0.5, 0.6) is 5.75 Å². The number of hydrogen-bond acceptors (Lipinski definition) is 3. The number of aliphatic hydroxyl groups is 1. The first kappa shape index (κ1) is 19.7. The lowest BCUT2D eigenvalue weighted by atomic mass is 9.83. The smallest absolute Gasteiger partial charge is 0.205 e. The molecule has 1 radical (unpaired) electrons. The Hall–Kier alpha value is -1.62. The van der Waals surface area contributed by atoms with Gasteiger partial charge in [0.05, 0.1) is 13.2 Å². The van der Waals surface area contributed by atoms with Crippen LogP contribution in [0.25, 0.3) is 0 Å². The van der Waals surface area contributed by atoms with E-state index in [0.717, 1.165) is 22.4 Å². The summed E-state index contributed by atoms with van der Waals surface area (Å²) in [5.74, 6) is 0.798. The van der Waals surface area contributed by atoms with Gasteiger partial charge in [-0.25, -0.2) is 0 Å². The normalized spacial score (nSPS) is 14.4. The minimum absolute atomic E-state index is 0.0778. The molecule has 2 aromatic carbocycles. The largest absolute Gasteiger partial charge is 0.496 e. The maximum atomic E-state index is 10.8. The minimum Gasteiger partial charge on any atom is -0.496 e. The van der Waals surface area contributed by atoms with E-state index in [2.05, 4.69) is 33.9 Å². The molecule has 2 atom stereocenters. The van der Waals surface area contributed by atoms with Crippen molar-refractivity contribution >= 4 is 9.04 Å². The van der Waals surface area contributed by atoms with E-state index in [1.807, 2.05) is 48.5 Å². The van der Waals surface area contributed by atoms with Crippen LogP contribution in [0.2, 0.25) is 13.1 Å². The summed E-state index contributed by atoms with van der Waals surface area (Å²) in [6.07, 6.45) is -0.756. The molecule has 3 nitrogen and oxygen atoms in total. The summed E-state index contributed by atoms with van der Waals surface area (Å²) in [5, 5.41) is 10.8. The quantitative estimate of drug-likeness (QED) is 0.728. The van der Waals surface area contributed by atoms with Gasteiger partial charge in [-0.15, -0.1) is 0 Å². The first-order valence-corrected chi connectivity index (χ1v) is 11.0. The third-order valence-electron chi connectivity index (χ3n) is 4.11. The Bertz CT molecular complexity index is 677. The van der Waals surface area contributed by atoms with Crippen LogP contribution in [0.15, 0.2) is 48.5 Å². The fraction of sp³-hybridized carbons (Fsp3) is 0.429. The van der Waals surface area contributed by atoms with E-state index in [4.69, 9.17) is 9.16 Å². The van der Waals surface area contributed by atoms with Gasteiger partial charge in [0, 0.05) is 5.56 Å². The number of rotatable bonds is 6. The molecular weight excluding hydrogens is 328 g/mol. The summed E-state index contributed by atoms with van der Waals surface area (Å²) in [7, 11) is 0.786. The van der Waals surface area contributed by atoms with Crippen LogP contribution in [0.4, 0.5) is 0 Å². The number of ether oxygens (including phenoxy) is 1. The SMILES string of the molecule is COc1ccc(C(O)c2ccccc2)cc1C(O[Si](C)C)C(C)(C)C. The zero-order valence-electron chi connectivity index (χ0n) is 16.0. The van der Waals surface area contributed by atoms with Crippen molar-refractivity contribution in [3.63, 3.8) is 0 Å². The Labute approximate surface area is 153 Å². The highest BCUT2D eigenvalue weighted by molar-refractivity contribution is 6.48. The molecule has 4 heteroatoms. The highest BCUT2D eigenvalue weighted by Gasteiger charge is 2.31. The van der Waals surface area contributed by atoms with E-state index in [0.29, 0.717) is 0 Å². The lowest BCUT2D eigenvalue weighted by molar-refractivity contribution is 0.0837. The molecule has 0 spiro atoms. The van der Waals surface area contributed by atoms with Gasteiger partial charge < -0.3 is 14.3 Å². The van der Waals surface area contributed by atoms with E-state index in [-0.39, 0.29) is 11.5 Å². The minimum atomic E-state index is -0.890. The fourth-order valence-corrected chi connectivity index (χ4v) is 3.85. The van der Waals surface area contributed by atoms with Crippen molar-refractivity contribution in [1.82, 2.24) is 0 Å². The summed E-state index contributed by atoms with van der Waals surface area (Å²) >= 11 is 0. The molecule has 135 valence electrons. The van der Waals surface area contributed by atoms with E-state index < -0.39 is 15.1 Å². The molecule has 0 saturated heterocycles. The zero-order valence-corrected chi connectivity index (χ0v) is 17.0. The monoisotopic (exact) mass is 357 g/mol. The zero-order chi connectivity index (χ0) is 18.6. The van der Waals surface area contributed by atoms with Crippen molar-refractivity contribution in [3.05, 3.63) is 65.2 Å². The van der Waals surface area contributed by atoms with E-state index in [9.17, 15) is 5.11 Å². The van der Waals surface area contributed by atoms with Gasteiger partial charge in [0.25, 0.3) is 0 Å². The predicted molar refractivity (Wildman–Crippen MR) is 104 cm³/mol. The van der Waals surface area contributed by atoms with Crippen molar-refractivity contribution in [3.8, 4) is 5.75 Å². The lowest BCUT2D eigenvalue weighted by Crippen LogP contribution is -2.26. The number of aliphatic hydroxyl groups excluding tert-OH is 1. The summed E-state index contributed by atoms with van der Waals surface area (Å²) in [4.78, 5) is 0. The van der Waals surface area contributed by atoms with Crippen LogP contribution < -0.4 is 4.74 Å². The summed E-state index contributed by atoms with van der Waals surface area (Å²) in [6, 6.07) is 15.6. The predicted octanol–water partition coefficient (Wildman–Crippen LogP) is 5.13. The molecule has 0 fully saturated rings. The summed E-state index contributed by atoms with van der Waals surface area (Å²) in [5.41, 5.74) is 2.64. The number of hydrogen-bond donors (Lipinski definition) is 1. The lowest BCUT2D eigenvalue weighted by Gasteiger charge is -2.34. The van der Waals surface area contributed by atoms with Crippen molar-refractivity contribution in [1.29, 1.82) is 0 Å². The van der Waals surface area contributed by atoms with Crippen molar-refractivity contribution in [2.45, 2.75) is 46.1 Å². The van der Waals surface area contributed by atoms with Crippen LogP contribution >= 0.6 is 0 Å². The van der Waals surface area contributed by atoms with Gasteiger partial charge in [0.15, 0.2) is 0 Å². The summed E-state index contributed by atoms with van der Waals surface area (Å²) < 4.78 is 11.9. The second-order valence-electron chi connectivity index (χ2n) is 7.59. The molecule has 25 heavy (non-hydrogen) atoms. The molecule has 2 unspecified atom stereocenters. The fourth-order valence-electron chi connectivity index (χ4n) is 2.90. The van der Waals surface area contributed by atoms with Crippen LogP contribution in [-0.4, -0.2) is 21.3 Å². The molecule has 1 N–H and O–H groups in total. The third kappa shape index (κ3) is 4.94. The van der Waals surface area contributed by atoms with Crippen molar-refractivity contribution in [2.24, 2.45) is 5.41 Å². The Morgan fingerprint density at radius 3 is 2.12 bits per heavy atom. The van der Waals surface area contributed by atoms with Crippen LogP contribution in [-0.2, 0) is 4.43 Å². The maximum Gasteiger partial charge on any atom is 0.205 e. The second-order valence-corrected chi connectivity index (χ2v) is 9.64. The van der Waals surface area contributed by atoms with Gasteiger partial charge in [-0.1, -0.05) is 57.2 Å². The van der Waals surface area contributed by atoms with Gasteiger partial charge in [-0.2, -0.15) is 0 Å². The highest BCUT2D eigenvalue weighted by atomic mass is 28.3. The van der Waals surface area contributed by atoms with Crippen LogP contribution in [0.1, 0.15) is 49.7 Å². The average molecular weight is 358 g/mol. The van der Waals surface area contributed by atoms with Crippen molar-refractivity contribution in [2.75, 3.05) is 7.11 Å². The molecule has 0 bridgehead atoms. The number of benzene rings is 2. The highest BCUT2D eigenvalue weighted by Crippen LogP contribution is 2.42. The molecule has 0 amide bonds. The van der Waals surface area contributed by atoms with Gasteiger partial charge in [0.2, 0.25) is 9.04 Å². The molecule has 0 aliphatic carbocycles. The molecule has 0 aliphatic heterocycles. The maximum absolute atomic E-state index is 10.8. The van der Waals surface area contributed by atoms with Crippen molar-refractivity contribution < 1.29 is 14.3 Å². The Kier molecular flexibility index (Phi) is 6.44. The van der Waals surface area contributed by atoms with Gasteiger partial charge in [0.1, 0.15) is 11.9 Å². The number of methoxy groups -OCH3 is 1.